The van der Waals surface area contributed by atoms with Crippen LogP contribution in [0.25, 0.3) is 0 Å². The van der Waals surface area contributed by atoms with Gasteiger partial charge in [0.1, 0.15) is 6.04 Å². The monoisotopic (exact) mass is 480 g/mol. The summed E-state index contributed by atoms with van der Waals surface area (Å²) in [5.74, 6) is -0.221. The molecule has 2 heterocycles. The molecule has 0 aliphatic carbocycles. The van der Waals surface area contributed by atoms with Crippen molar-refractivity contribution in [3.8, 4) is 11.9 Å². The van der Waals surface area contributed by atoms with E-state index in [0.29, 0.717) is 16.4 Å². The predicted molar refractivity (Wildman–Crippen MR) is 118 cm³/mol. The highest BCUT2D eigenvalue weighted by Gasteiger charge is 2.19. The third-order valence-corrected chi connectivity index (χ3v) is 6.12. The normalized spacial score (nSPS) is 12.2. The smallest absolute Gasteiger partial charge is 0.321 e. The lowest BCUT2D eigenvalue weighted by Crippen LogP contribution is -2.24. The first-order chi connectivity index (χ1) is 15.1. The standard InChI is InChI=1S/C19H21ClN6O5S/c1-11-15(20)10-26(24-11)12(2)18(27)21-13-5-7-14(8-6-13)32(28,29)25-16-9-17(30-3)23-19(22-16)31-4/h5-10,12H,1-4H3,(H,21,27)(H,22,23,25). The maximum Gasteiger partial charge on any atom is 0.321 e. The van der Waals surface area contributed by atoms with Crippen LogP contribution < -0.4 is 19.5 Å². The van der Waals surface area contributed by atoms with E-state index in [9.17, 15) is 13.2 Å². The van der Waals surface area contributed by atoms with E-state index in [1.807, 2.05) is 0 Å². The number of carbonyl (C=O) groups excluding carboxylic acids is 1. The number of methoxy groups -OCH3 is 2. The second-order valence-corrected chi connectivity index (χ2v) is 8.71. The number of hydrogen-bond donors (Lipinski definition) is 2. The Hall–Kier alpha value is -3.38. The summed E-state index contributed by atoms with van der Waals surface area (Å²) in [5.41, 5.74) is 1.04. The number of aromatic nitrogens is 4. The zero-order valence-electron chi connectivity index (χ0n) is 17.7. The van der Waals surface area contributed by atoms with Gasteiger partial charge in [0.25, 0.3) is 10.0 Å². The van der Waals surface area contributed by atoms with Crippen LogP contribution in [0.4, 0.5) is 11.5 Å². The fourth-order valence-electron chi connectivity index (χ4n) is 2.59. The molecule has 170 valence electrons. The summed E-state index contributed by atoms with van der Waals surface area (Å²) in [5, 5.41) is 7.37. The summed E-state index contributed by atoms with van der Waals surface area (Å²) < 4.78 is 39.1. The van der Waals surface area contributed by atoms with E-state index < -0.39 is 16.1 Å². The van der Waals surface area contributed by atoms with Crippen LogP contribution in [-0.4, -0.2) is 48.3 Å². The molecule has 11 nitrogen and oxygen atoms in total. The Morgan fingerprint density at radius 1 is 1.16 bits per heavy atom. The molecule has 1 unspecified atom stereocenters. The number of benzene rings is 1. The van der Waals surface area contributed by atoms with Gasteiger partial charge >= 0.3 is 6.01 Å². The molecule has 0 saturated carbocycles. The van der Waals surface area contributed by atoms with Gasteiger partial charge in [-0.3, -0.25) is 14.2 Å². The number of carbonyl (C=O) groups is 1. The number of amides is 1. The minimum atomic E-state index is -3.96. The molecule has 0 radical (unpaired) electrons. The Kier molecular flexibility index (Phi) is 6.84. The van der Waals surface area contributed by atoms with Crippen LogP contribution in [0.2, 0.25) is 5.02 Å². The van der Waals surface area contributed by atoms with Crippen LogP contribution in [-0.2, 0) is 14.8 Å². The molecular weight excluding hydrogens is 460 g/mol. The minimum Gasteiger partial charge on any atom is -0.481 e. The molecule has 2 N–H and O–H groups in total. The molecule has 13 heteroatoms. The van der Waals surface area contributed by atoms with Gasteiger partial charge in [-0.1, -0.05) is 11.6 Å². The first-order valence-corrected chi connectivity index (χ1v) is 11.1. The van der Waals surface area contributed by atoms with Gasteiger partial charge < -0.3 is 14.8 Å². The maximum absolute atomic E-state index is 12.7. The molecule has 0 saturated heterocycles. The first kappa shape index (κ1) is 23.3. The maximum atomic E-state index is 12.7. The Balaban J connectivity index is 1.72. The SMILES string of the molecule is COc1cc(NS(=O)(=O)c2ccc(NC(=O)C(C)n3cc(Cl)c(C)n3)cc2)nc(OC)n1. The molecule has 2 aromatic heterocycles. The van der Waals surface area contributed by atoms with Crippen LogP contribution in [0, 0.1) is 6.92 Å². The molecule has 1 atom stereocenters. The van der Waals surface area contributed by atoms with Gasteiger partial charge in [-0.05, 0) is 38.1 Å². The van der Waals surface area contributed by atoms with Crippen LogP contribution in [0.1, 0.15) is 18.7 Å². The third kappa shape index (κ3) is 5.26. The van der Waals surface area contributed by atoms with E-state index in [0.717, 1.165) is 0 Å². The molecule has 0 aliphatic rings. The Morgan fingerprint density at radius 3 is 2.41 bits per heavy atom. The van der Waals surface area contributed by atoms with E-state index in [4.69, 9.17) is 21.1 Å². The molecule has 0 bridgehead atoms. The molecule has 1 amide bonds. The van der Waals surface area contributed by atoms with Crippen LogP contribution in [0.15, 0.2) is 41.4 Å². The van der Waals surface area contributed by atoms with Crippen molar-refractivity contribution >= 4 is 39.0 Å². The van der Waals surface area contributed by atoms with E-state index >= 15 is 0 Å². The van der Waals surface area contributed by atoms with E-state index in [2.05, 4.69) is 25.1 Å². The van der Waals surface area contributed by atoms with Gasteiger partial charge in [0.15, 0.2) is 5.82 Å². The molecule has 32 heavy (non-hydrogen) atoms. The van der Waals surface area contributed by atoms with Crippen molar-refractivity contribution in [3.63, 3.8) is 0 Å². The fourth-order valence-corrected chi connectivity index (χ4v) is 3.72. The number of hydrogen-bond acceptors (Lipinski definition) is 8. The number of aryl methyl sites for hydroxylation is 1. The molecule has 1 aromatic carbocycles. The first-order valence-electron chi connectivity index (χ1n) is 9.25. The molecule has 3 rings (SSSR count). The zero-order valence-corrected chi connectivity index (χ0v) is 19.2. The molecule has 0 spiro atoms. The molecule has 3 aromatic rings. The average molecular weight is 481 g/mol. The highest BCUT2D eigenvalue weighted by molar-refractivity contribution is 7.92. The van der Waals surface area contributed by atoms with E-state index in [1.165, 1.54) is 49.2 Å². The minimum absolute atomic E-state index is 0.0203. The van der Waals surface area contributed by atoms with Gasteiger partial charge in [0.05, 0.1) is 29.8 Å². The van der Waals surface area contributed by atoms with Crippen molar-refractivity contribution in [1.29, 1.82) is 0 Å². The third-order valence-electron chi connectivity index (χ3n) is 4.38. The average Bonchev–Trinajstić information content (AvgIpc) is 3.11. The van der Waals surface area contributed by atoms with Crippen molar-refractivity contribution in [2.75, 3.05) is 24.3 Å². The van der Waals surface area contributed by atoms with Crippen molar-refractivity contribution in [3.05, 3.63) is 47.2 Å². The number of rotatable bonds is 8. The van der Waals surface area contributed by atoms with Gasteiger partial charge in [-0.15, -0.1) is 0 Å². The zero-order chi connectivity index (χ0) is 23.5. The molecule has 0 fully saturated rings. The quantitative estimate of drug-likeness (QED) is 0.502. The Labute approximate surface area is 189 Å². The number of nitrogens with one attached hydrogen (secondary N) is 2. The summed E-state index contributed by atoms with van der Waals surface area (Å²) in [6.45, 7) is 3.41. The summed E-state index contributed by atoms with van der Waals surface area (Å²) in [4.78, 5) is 20.3. The van der Waals surface area contributed by atoms with E-state index in [1.54, 1.807) is 20.0 Å². The number of halogens is 1. The lowest BCUT2D eigenvalue weighted by molar-refractivity contribution is -0.119. The topological polar surface area (TPSA) is 137 Å². The lowest BCUT2D eigenvalue weighted by atomic mass is 10.2. The van der Waals surface area contributed by atoms with Gasteiger partial charge in [-0.25, -0.2) is 8.42 Å². The van der Waals surface area contributed by atoms with Gasteiger partial charge in [0.2, 0.25) is 11.8 Å². The Morgan fingerprint density at radius 2 is 1.84 bits per heavy atom. The van der Waals surface area contributed by atoms with Crippen molar-refractivity contribution in [2.45, 2.75) is 24.8 Å². The highest BCUT2D eigenvalue weighted by atomic mass is 35.5. The van der Waals surface area contributed by atoms with Crippen molar-refractivity contribution in [2.24, 2.45) is 0 Å². The van der Waals surface area contributed by atoms with Crippen molar-refractivity contribution < 1.29 is 22.7 Å². The van der Waals surface area contributed by atoms with Crippen LogP contribution in [0.3, 0.4) is 0 Å². The number of ether oxygens (including phenoxy) is 2. The second kappa shape index (κ2) is 9.40. The van der Waals surface area contributed by atoms with E-state index in [-0.39, 0.29) is 28.5 Å². The summed E-state index contributed by atoms with van der Waals surface area (Å²) in [6, 6.07) is 6.31. The second-order valence-electron chi connectivity index (χ2n) is 6.62. The highest BCUT2D eigenvalue weighted by Crippen LogP contribution is 2.22. The summed E-state index contributed by atoms with van der Waals surface area (Å²) in [7, 11) is -1.23. The fraction of sp³-hybridized carbons (Fsp3) is 0.263. The van der Waals surface area contributed by atoms with Crippen molar-refractivity contribution in [1.82, 2.24) is 19.7 Å². The number of sulfonamides is 1. The largest absolute Gasteiger partial charge is 0.481 e. The summed E-state index contributed by atoms with van der Waals surface area (Å²) >= 11 is 5.99. The molecule has 0 aliphatic heterocycles. The summed E-state index contributed by atoms with van der Waals surface area (Å²) in [6.07, 6.45) is 1.57. The van der Waals surface area contributed by atoms with Gasteiger partial charge in [-0.2, -0.15) is 15.1 Å². The van der Waals surface area contributed by atoms with Gasteiger partial charge in [0, 0.05) is 18.0 Å². The van der Waals surface area contributed by atoms with Crippen LogP contribution >= 0.6 is 11.6 Å². The van der Waals surface area contributed by atoms with Crippen LogP contribution in [0.5, 0.6) is 11.9 Å². The molecular formula is C19H21ClN6O5S. The predicted octanol–water partition coefficient (Wildman–Crippen LogP) is 2.65. The number of nitrogens with zero attached hydrogens (tertiary/aromatic N) is 4. The Bertz CT molecular complexity index is 1190. The lowest BCUT2D eigenvalue weighted by Gasteiger charge is -2.13. The number of anilines is 2.